The molecule has 3 heteroatoms. The third kappa shape index (κ3) is 4.32. The van der Waals surface area contributed by atoms with E-state index in [1.807, 2.05) is 37.3 Å². The highest BCUT2D eigenvalue weighted by atomic mass is 35.5. The fourth-order valence-corrected chi connectivity index (χ4v) is 2.31. The molecule has 1 N–H and O–H groups in total. The number of hydrogen-bond donors (Lipinski definition) is 1. The van der Waals surface area contributed by atoms with Crippen molar-refractivity contribution in [3.05, 3.63) is 70.0 Å². The van der Waals surface area contributed by atoms with Gasteiger partial charge < -0.3 is 5.32 Å². The van der Waals surface area contributed by atoms with Crippen molar-refractivity contribution in [2.24, 2.45) is 0 Å². The standard InChI is InChI=1S/C17H19ClFN/c1-12-9-17(19)8-5-15(12)11-20-13(2)10-14-3-6-16(18)7-4-14/h3-9,13,20H,10-11H2,1-2H3. The highest BCUT2D eigenvalue weighted by Gasteiger charge is 2.05. The molecular weight excluding hydrogens is 273 g/mol. The second-order valence-corrected chi connectivity index (χ2v) is 5.62. The Kier molecular flexibility index (Phi) is 5.16. The zero-order valence-corrected chi connectivity index (χ0v) is 12.5. The molecule has 0 aromatic heterocycles. The van der Waals surface area contributed by atoms with Crippen LogP contribution in [0.4, 0.5) is 4.39 Å². The summed E-state index contributed by atoms with van der Waals surface area (Å²) < 4.78 is 13.0. The van der Waals surface area contributed by atoms with Crippen LogP contribution in [0.1, 0.15) is 23.6 Å². The summed E-state index contributed by atoms with van der Waals surface area (Å²) >= 11 is 5.87. The second kappa shape index (κ2) is 6.87. The lowest BCUT2D eigenvalue weighted by atomic mass is 10.1. The maximum atomic E-state index is 13.0. The molecule has 0 spiro atoms. The number of hydrogen-bond acceptors (Lipinski definition) is 1. The van der Waals surface area contributed by atoms with Crippen LogP contribution in [0.3, 0.4) is 0 Å². The van der Waals surface area contributed by atoms with Gasteiger partial charge >= 0.3 is 0 Å². The number of aryl methyl sites for hydroxylation is 1. The quantitative estimate of drug-likeness (QED) is 0.855. The zero-order valence-electron chi connectivity index (χ0n) is 11.8. The molecule has 0 radical (unpaired) electrons. The van der Waals surface area contributed by atoms with Gasteiger partial charge in [-0.2, -0.15) is 0 Å². The predicted molar refractivity (Wildman–Crippen MR) is 82.6 cm³/mol. The fourth-order valence-electron chi connectivity index (χ4n) is 2.19. The van der Waals surface area contributed by atoms with E-state index in [2.05, 4.69) is 12.2 Å². The van der Waals surface area contributed by atoms with Crippen LogP contribution in [0.5, 0.6) is 0 Å². The van der Waals surface area contributed by atoms with Gasteiger partial charge in [0.2, 0.25) is 0 Å². The van der Waals surface area contributed by atoms with Crippen molar-refractivity contribution in [1.82, 2.24) is 5.32 Å². The molecule has 1 atom stereocenters. The van der Waals surface area contributed by atoms with E-state index in [-0.39, 0.29) is 5.82 Å². The molecule has 0 amide bonds. The molecule has 2 aromatic carbocycles. The van der Waals surface area contributed by atoms with Gasteiger partial charge in [0.1, 0.15) is 5.82 Å². The first-order valence-corrected chi connectivity index (χ1v) is 7.15. The molecule has 2 aromatic rings. The van der Waals surface area contributed by atoms with Gasteiger partial charge in [0.05, 0.1) is 0 Å². The number of rotatable bonds is 5. The van der Waals surface area contributed by atoms with Crippen LogP contribution in [0, 0.1) is 12.7 Å². The summed E-state index contributed by atoms with van der Waals surface area (Å²) in [5.41, 5.74) is 3.37. The molecule has 106 valence electrons. The lowest BCUT2D eigenvalue weighted by molar-refractivity contribution is 0.543. The van der Waals surface area contributed by atoms with Gasteiger partial charge in [0, 0.05) is 17.6 Å². The zero-order chi connectivity index (χ0) is 14.5. The van der Waals surface area contributed by atoms with E-state index in [4.69, 9.17) is 11.6 Å². The Morgan fingerprint density at radius 3 is 2.50 bits per heavy atom. The largest absolute Gasteiger partial charge is 0.310 e. The van der Waals surface area contributed by atoms with E-state index in [9.17, 15) is 4.39 Å². The van der Waals surface area contributed by atoms with Gasteiger partial charge in [0.25, 0.3) is 0 Å². The average Bonchev–Trinajstić information content (AvgIpc) is 2.40. The van der Waals surface area contributed by atoms with E-state index in [1.54, 1.807) is 6.07 Å². The lowest BCUT2D eigenvalue weighted by Crippen LogP contribution is -2.27. The first kappa shape index (κ1) is 15.0. The molecule has 0 aliphatic carbocycles. The van der Waals surface area contributed by atoms with Crippen LogP contribution in [0.2, 0.25) is 5.02 Å². The Morgan fingerprint density at radius 2 is 1.85 bits per heavy atom. The first-order valence-electron chi connectivity index (χ1n) is 6.77. The summed E-state index contributed by atoms with van der Waals surface area (Å²) in [4.78, 5) is 0. The Hall–Kier alpha value is -1.38. The van der Waals surface area contributed by atoms with Crippen LogP contribution >= 0.6 is 11.6 Å². The van der Waals surface area contributed by atoms with Crippen molar-refractivity contribution in [2.75, 3.05) is 0 Å². The Morgan fingerprint density at radius 1 is 1.15 bits per heavy atom. The number of nitrogens with one attached hydrogen (secondary N) is 1. The van der Waals surface area contributed by atoms with Crippen LogP contribution < -0.4 is 5.32 Å². The lowest BCUT2D eigenvalue weighted by Gasteiger charge is -2.15. The normalized spacial score (nSPS) is 12.4. The highest BCUT2D eigenvalue weighted by molar-refractivity contribution is 6.30. The molecule has 0 saturated heterocycles. The Bertz CT molecular complexity index is 566. The van der Waals surface area contributed by atoms with Crippen molar-refractivity contribution in [1.29, 1.82) is 0 Å². The maximum Gasteiger partial charge on any atom is 0.123 e. The molecule has 1 unspecified atom stereocenters. The van der Waals surface area contributed by atoms with E-state index < -0.39 is 0 Å². The Labute approximate surface area is 124 Å². The summed E-state index contributed by atoms with van der Waals surface area (Å²) in [5, 5.41) is 4.23. The molecule has 0 fully saturated rings. The van der Waals surface area contributed by atoms with Crippen molar-refractivity contribution in [3.63, 3.8) is 0 Å². The number of halogens is 2. The highest BCUT2D eigenvalue weighted by Crippen LogP contribution is 2.12. The SMILES string of the molecule is Cc1cc(F)ccc1CNC(C)Cc1ccc(Cl)cc1. The van der Waals surface area contributed by atoms with Crippen molar-refractivity contribution in [2.45, 2.75) is 32.9 Å². The van der Waals surface area contributed by atoms with Gasteiger partial charge in [-0.25, -0.2) is 4.39 Å². The van der Waals surface area contributed by atoms with Crippen LogP contribution in [0.15, 0.2) is 42.5 Å². The van der Waals surface area contributed by atoms with E-state index in [0.29, 0.717) is 6.04 Å². The third-order valence-corrected chi connectivity index (χ3v) is 3.65. The summed E-state index contributed by atoms with van der Waals surface area (Å²) in [6.07, 6.45) is 0.942. The molecule has 20 heavy (non-hydrogen) atoms. The van der Waals surface area contributed by atoms with Crippen molar-refractivity contribution >= 4 is 11.6 Å². The smallest absolute Gasteiger partial charge is 0.123 e. The summed E-state index contributed by atoms with van der Waals surface area (Å²) in [6, 6.07) is 13.2. The van der Waals surface area contributed by atoms with Crippen LogP contribution in [-0.2, 0) is 13.0 Å². The minimum absolute atomic E-state index is 0.180. The van der Waals surface area contributed by atoms with Crippen molar-refractivity contribution in [3.8, 4) is 0 Å². The average molecular weight is 292 g/mol. The summed E-state index contributed by atoms with van der Waals surface area (Å²) in [5.74, 6) is -0.180. The van der Waals surface area contributed by atoms with E-state index in [0.717, 1.165) is 29.1 Å². The van der Waals surface area contributed by atoms with Crippen molar-refractivity contribution < 1.29 is 4.39 Å². The molecule has 0 heterocycles. The number of benzene rings is 2. The summed E-state index contributed by atoms with van der Waals surface area (Å²) in [6.45, 7) is 4.83. The molecule has 1 nitrogen and oxygen atoms in total. The van der Waals surface area contributed by atoms with Crippen LogP contribution in [-0.4, -0.2) is 6.04 Å². The third-order valence-electron chi connectivity index (χ3n) is 3.40. The molecule has 0 aliphatic heterocycles. The van der Waals surface area contributed by atoms with Gasteiger partial charge in [-0.05, 0) is 61.2 Å². The minimum Gasteiger partial charge on any atom is -0.310 e. The van der Waals surface area contributed by atoms with Gasteiger partial charge in [0.15, 0.2) is 0 Å². The monoisotopic (exact) mass is 291 g/mol. The minimum atomic E-state index is -0.180. The molecular formula is C17H19ClFN. The van der Waals surface area contributed by atoms with Gasteiger partial charge in [-0.3, -0.25) is 0 Å². The van der Waals surface area contributed by atoms with E-state index >= 15 is 0 Å². The van der Waals surface area contributed by atoms with Crippen LogP contribution in [0.25, 0.3) is 0 Å². The molecule has 2 rings (SSSR count). The summed E-state index contributed by atoms with van der Waals surface area (Å²) in [7, 11) is 0. The molecule has 0 aliphatic rings. The first-order chi connectivity index (χ1) is 9.54. The predicted octanol–water partition coefficient (Wildman–Crippen LogP) is 4.51. The molecule has 0 saturated carbocycles. The van der Waals surface area contributed by atoms with E-state index in [1.165, 1.54) is 11.6 Å². The second-order valence-electron chi connectivity index (χ2n) is 5.18. The topological polar surface area (TPSA) is 12.0 Å². The van der Waals surface area contributed by atoms with Gasteiger partial charge in [-0.15, -0.1) is 0 Å². The van der Waals surface area contributed by atoms with Gasteiger partial charge in [-0.1, -0.05) is 29.8 Å². The fraction of sp³-hybridized carbons (Fsp3) is 0.294. The molecule has 0 bridgehead atoms. The maximum absolute atomic E-state index is 13.0. The Balaban J connectivity index is 1.88.